The molecule has 0 N–H and O–H groups in total. The molecule has 0 unspecified atom stereocenters. The third-order valence-electron chi connectivity index (χ3n) is 7.60. The average Bonchev–Trinajstić information content (AvgIpc) is 3.34. The maximum Gasteiger partial charge on any atom is 0.288 e. The van der Waals surface area contributed by atoms with Gasteiger partial charge in [-0.05, 0) is 48.2 Å². The van der Waals surface area contributed by atoms with Crippen molar-refractivity contribution in [3.05, 3.63) is 102 Å². The van der Waals surface area contributed by atoms with E-state index in [1.165, 1.54) is 29.2 Å². The van der Waals surface area contributed by atoms with Crippen LogP contribution in [0.5, 0.6) is 0 Å². The van der Waals surface area contributed by atoms with Crippen LogP contribution in [0.1, 0.15) is 48.9 Å². The predicted molar refractivity (Wildman–Crippen MR) is 146 cm³/mol. The Morgan fingerprint density at radius 1 is 0.780 bits per heavy atom. The van der Waals surface area contributed by atoms with Crippen LogP contribution in [0, 0.1) is 31.9 Å². The van der Waals surface area contributed by atoms with E-state index in [4.69, 9.17) is 23.2 Å². The minimum absolute atomic E-state index is 0.0776. The summed E-state index contributed by atoms with van der Waals surface area (Å²) >= 11 is 12.0. The van der Waals surface area contributed by atoms with E-state index in [0.717, 1.165) is 12.1 Å². The first kappa shape index (κ1) is 28.9. The summed E-state index contributed by atoms with van der Waals surface area (Å²) in [4.78, 5) is 24.7. The van der Waals surface area contributed by atoms with E-state index < -0.39 is 58.0 Å². The number of rotatable bonds is 6. The fourth-order valence-electron chi connectivity index (χ4n) is 5.64. The highest BCUT2D eigenvalue weighted by molar-refractivity contribution is 6.33. The van der Waals surface area contributed by atoms with Crippen LogP contribution in [-0.4, -0.2) is 28.9 Å². The molecule has 2 aliphatic rings. The lowest BCUT2D eigenvalue weighted by molar-refractivity contribution is -0.384. The van der Waals surface area contributed by atoms with E-state index in [1.54, 1.807) is 17.0 Å². The molecule has 216 valence electrons. The Balaban J connectivity index is 1.60. The smallest absolute Gasteiger partial charge is 0.288 e. The van der Waals surface area contributed by atoms with Crippen molar-refractivity contribution in [3.63, 3.8) is 0 Å². The van der Waals surface area contributed by atoms with E-state index in [9.17, 15) is 29.0 Å². The number of benzene rings is 3. The van der Waals surface area contributed by atoms with Gasteiger partial charge in [-0.15, -0.1) is 0 Å². The largest absolute Gasteiger partial charge is 0.366 e. The van der Waals surface area contributed by atoms with Crippen molar-refractivity contribution in [1.82, 2.24) is 0 Å². The molecular formula is C27H22Cl2F4N4O4. The first-order valence-electron chi connectivity index (χ1n) is 12.6. The Morgan fingerprint density at radius 2 is 1.22 bits per heavy atom. The molecule has 2 saturated heterocycles. The zero-order valence-corrected chi connectivity index (χ0v) is 22.7. The molecule has 0 bridgehead atoms. The van der Waals surface area contributed by atoms with Crippen molar-refractivity contribution in [2.24, 2.45) is 0 Å². The zero-order chi connectivity index (χ0) is 29.6. The number of hydrogen-bond acceptors (Lipinski definition) is 6. The molecule has 3 aromatic rings. The van der Waals surface area contributed by atoms with Crippen LogP contribution in [0.15, 0.2) is 48.5 Å². The third kappa shape index (κ3) is 5.62. The highest BCUT2D eigenvalue weighted by Crippen LogP contribution is 2.49. The normalized spacial score (nSPS) is 20.3. The Bertz CT molecular complexity index is 1440. The van der Waals surface area contributed by atoms with E-state index in [0.29, 0.717) is 24.0 Å². The molecule has 0 spiro atoms. The Hall–Kier alpha value is -3.64. The van der Waals surface area contributed by atoms with Crippen LogP contribution < -0.4 is 9.80 Å². The maximum absolute atomic E-state index is 15.5. The van der Waals surface area contributed by atoms with Gasteiger partial charge in [0.15, 0.2) is 11.6 Å². The summed E-state index contributed by atoms with van der Waals surface area (Å²) in [6, 6.07) is 9.41. The summed E-state index contributed by atoms with van der Waals surface area (Å²) in [6.07, 6.45) is -0.304. The quantitative estimate of drug-likeness (QED) is 0.158. The standard InChI is InChI=1S/C27H22Cl2F4N4O4/c28-18-3-1-15(11-24(18)36(38)39)22-5-6-23(16-2-4-19(29)25(12-16)37(40)41)35(22)17-13-20(30)26(21(31)14-17)34-9-7-27(32,33)8-10-34/h1-4,11-14,22-23H,5-10H2/t22-,23-/m1/s1. The monoisotopic (exact) mass is 612 g/mol. The van der Waals surface area contributed by atoms with Gasteiger partial charge in [-0.2, -0.15) is 0 Å². The lowest BCUT2D eigenvalue weighted by Crippen LogP contribution is -2.40. The van der Waals surface area contributed by atoms with Gasteiger partial charge >= 0.3 is 0 Å². The highest BCUT2D eigenvalue weighted by Gasteiger charge is 2.39. The van der Waals surface area contributed by atoms with Gasteiger partial charge in [-0.3, -0.25) is 20.2 Å². The summed E-state index contributed by atoms with van der Waals surface area (Å²) in [5.74, 6) is -4.82. The van der Waals surface area contributed by atoms with Gasteiger partial charge in [0.1, 0.15) is 15.7 Å². The number of nitro benzene ring substituents is 2. The zero-order valence-electron chi connectivity index (χ0n) is 21.2. The first-order valence-corrected chi connectivity index (χ1v) is 13.4. The maximum atomic E-state index is 15.5. The fourth-order valence-corrected chi connectivity index (χ4v) is 6.01. The number of hydrogen-bond donors (Lipinski definition) is 0. The Kier molecular flexibility index (Phi) is 7.73. The van der Waals surface area contributed by atoms with Crippen LogP contribution in [0.4, 0.5) is 40.3 Å². The molecule has 0 amide bonds. The van der Waals surface area contributed by atoms with Gasteiger partial charge in [-0.1, -0.05) is 35.3 Å². The highest BCUT2D eigenvalue weighted by atomic mass is 35.5. The number of nitrogens with zero attached hydrogens (tertiary/aromatic N) is 4. The van der Waals surface area contributed by atoms with Crippen molar-refractivity contribution < 1.29 is 27.4 Å². The summed E-state index contributed by atoms with van der Waals surface area (Å²) in [7, 11) is 0. The number of piperidine rings is 1. The fraction of sp³-hybridized carbons (Fsp3) is 0.333. The summed E-state index contributed by atoms with van der Waals surface area (Å²) in [5, 5.41) is 23.0. The SMILES string of the molecule is O=[N+]([O-])c1cc([C@H]2CC[C@H](c3ccc(Cl)c([N+](=O)[O-])c3)N2c2cc(F)c(N3CCC(F)(F)CC3)c(F)c2)ccc1Cl. The first-order chi connectivity index (χ1) is 19.4. The Morgan fingerprint density at radius 3 is 1.63 bits per heavy atom. The van der Waals surface area contributed by atoms with Gasteiger partial charge < -0.3 is 9.80 Å². The molecule has 5 rings (SSSR count). The molecule has 14 heteroatoms. The second-order valence-electron chi connectivity index (χ2n) is 10.1. The minimum atomic E-state index is -2.90. The minimum Gasteiger partial charge on any atom is -0.366 e. The van der Waals surface area contributed by atoms with Gasteiger partial charge in [0.2, 0.25) is 0 Å². The number of alkyl halides is 2. The van der Waals surface area contributed by atoms with E-state index in [1.807, 2.05) is 0 Å². The molecule has 2 atom stereocenters. The molecule has 0 aliphatic carbocycles. The summed E-state index contributed by atoms with van der Waals surface area (Å²) < 4.78 is 58.4. The van der Waals surface area contributed by atoms with Crippen LogP contribution >= 0.6 is 23.2 Å². The predicted octanol–water partition coefficient (Wildman–Crippen LogP) is 8.41. The third-order valence-corrected chi connectivity index (χ3v) is 8.24. The van der Waals surface area contributed by atoms with E-state index in [-0.39, 0.29) is 40.2 Å². The second-order valence-corrected chi connectivity index (χ2v) is 10.9. The van der Waals surface area contributed by atoms with Crippen LogP contribution in [0.25, 0.3) is 0 Å². The summed E-state index contributed by atoms with van der Waals surface area (Å²) in [6.45, 7) is -0.448. The van der Waals surface area contributed by atoms with E-state index in [2.05, 4.69) is 0 Å². The topological polar surface area (TPSA) is 92.8 Å². The number of nitro groups is 2. The summed E-state index contributed by atoms with van der Waals surface area (Å²) in [5.41, 5.74) is -0.117. The van der Waals surface area contributed by atoms with E-state index >= 15 is 8.78 Å². The van der Waals surface area contributed by atoms with Crippen molar-refractivity contribution in [2.75, 3.05) is 22.9 Å². The molecule has 2 fully saturated rings. The van der Waals surface area contributed by atoms with Crippen molar-refractivity contribution in [1.29, 1.82) is 0 Å². The Labute approximate surface area is 241 Å². The lowest BCUT2D eigenvalue weighted by atomic mass is 10.0. The van der Waals surface area contributed by atoms with Crippen LogP contribution in [0.2, 0.25) is 10.0 Å². The molecular weight excluding hydrogens is 591 g/mol. The van der Waals surface area contributed by atoms with Crippen molar-refractivity contribution in [2.45, 2.75) is 43.7 Å². The molecule has 41 heavy (non-hydrogen) atoms. The van der Waals surface area contributed by atoms with Gasteiger partial charge in [0.05, 0.1) is 21.9 Å². The average molecular weight is 613 g/mol. The molecule has 0 radical (unpaired) electrons. The van der Waals surface area contributed by atoms with Crippen LogP contribution in [0.3, 0.4) is 0 Å². The van der Waals surface area contributed by atoms with Crippen LogP contribution in [-0.2, 0) is 0 Å². The second kappa shape index (κ2) is 11.0. The number of halogens is 6. The van der Waals surface area contributed by atoms with Crippen molar-refractivity contribution in [3.8, 4) is 0 Å². The molecule has 2 heterocycles. The van der Waals surface area contributed by atoms with Gasteiger partial charge in [0.25, 0.3) is 17.3 Å². The van der Waals surface area contributed by atoms with Gasteiger partial charge in [-0.25, -0.2) is 17.6 Å². The molecule has 0 saturated carbocycles. The van der Waals surface area contributed by atoms with Gasteiger partial charge in [0, 0.05) is 43.8 Å². The molecule has 8 nitrogen and oxygen atoms in total. The molecule has 3 aromatic carbocycles. The molecule has 2 aliphatic heterocycles. The number of anilines is 2. The molecule has 0 aromatic heterocycles. The van der Waals surface area contributed by atoms with Crippen molar-refractivity contribution >= 4 is 46.0 Å². The lowest BCUT2D eigenvalue weighted by Gasteiger charge is -2.36.